The van der Waals surface area contributed by atoms with Gasteiger partial charge in [-0.05, 0) is 36.4 Å². The van der Waals surface area contributed by atoms with Crippen molar-refractivity contribution < 1.29 is 14.3 Å². The molecule has 3 rings (SSSR count). The molecule has 0 bridgehead atoms. The van der Waals surface area contributed by atoms with Gasteiger partial charge in [-0.3, -0.25) is 4.79 Å². The fraction of sp³-hybridized carbons (Fsp3) is 0.0556. The van der Waals surface area contributed by atoms with Crippen molar-refractivity contribution in [2.24, 2.45) is 0 Å². The smallest absolute Gasteiger partial charge is 0.339 e. The third-order valence-corrected chi connectivity index (χ3v) is 3.71. The zero-order valence-electron chi connectivity index (χ0n) is 13.3. The maximum absolute atomic E-state index is 12.4. The van der Waals surface area contributed by atoms with Crippen LogP contribution >= 0.6 is 11.6 Å². The fourth-order valence-electron chi connectivity index (χ4n) is 2.27. The molecule has 0 saturated carbocycles. The molecular formula is C18H14ClN3O3. The Morgan fingerprint density at radius 1 is 1.12 bits per heavy atom. The van der Waals surface area contributed by atoms with Crippen molar-refractivity contribution in [2.75, 3.05) is 12.4 Å². The molecule has 0 spiro atoms. The van der Waals surface area contributed by atoms with Crippen molar-refractivity contribution in [1.82, 2.24) is 9.78 Å². The predicted octanol–water partition coefficient (Wildman–Crippen LogP) is 3.56. The van der Waals surface area contributed by atoms with E-state index in [2.05, 4.69) is 10.4 Å². The van der Waals surface area contributed by atoms with Crippen molar-refractivity contribution in [1.29, 1.82) is 0 Å². The van der Waals surface area contributed by atoms with Crippen LogP contribution in [0.15, 0.2) is 60.8 Å². The molecule has 0 aliphatic heterocycles. The number of hydrogen-bond donors (Lipinski definition) is 1. The number of aromatic nitrogens is 2. The lowest BCUT2D eigenvalue weighted by Crippen LogP contribution is -2.16. The monoisotopic (exact) mass is 355 g/mol. The van der Waals surface area contributed by atoms with Crippen LogP contribution in [-0.2, 0) is 4.74 Å². The quantitative estimate of drug-likeness (QED) is 0.726. The minimum absolute atomic E-state index is 0.208. The molecule has 25 heavy (non-hydrogen) atoms. The number of benzene rings is 2. The Balaban J connectivity index is 1.83. The van der Waals surface area contributed by atoms with E-state index in [-0.39, 0.29) is 11.3 Å². The molecule has 6 nitrogen and oxygen atoms in total. The van der Waals surface area contributed by atoms with E-state index in [0.717, 1.165) is 5.69 Å². The zero-order valence-corrected chi connectivity index (χ0v) is 14.0. The van der Waals surface area contributed by atoms with Crippen molar-refractivity contribution in [2.45, 2.75) is 0 Å². The van der Waals surface area contributed by atoms with E-state index in [1.807, 2.05) is 6.07 Å². The van der Waals surface area contributed by atoms with E-state index in [4.69, 9.17) is 16.3 Å². The van der Waals surface area contributed by atoms with Gasteiger partial charge in [0, 0.05) is 11.2 Å². The van der Waals surface area contributed by atoms with E-state index >= 15 is 0 Å². The first-order valence-electron chi connectivity index (χ1n) is 7.39. The summed E-state index contributed by atoms with van der Waals surface area (Å²) in [4.78, 5) is 24.2. The number of carbonyl (C=O) groups is 2. The molecule has 0 saturated heterocycles. The lowest BCUT2D eigenvalue weighted by atomic mass is 10.1. The van der Waals surface area contributed by atoms with Crippen LogP contribution in [0.3, 0.4) is 0 Å². The summed E-state index contributed by atoms with van der Waals surface area (Å²) in [7, 11) is 1.29. The molecule has 0 aliphatic rings. The van der Waals surface area contributed by atoms with E-state index in [1.165, 1.54) is 7.11 Å². The van der Waals surface area contributed by atoms with Crippen LogP contribution < -0.4 is 5.32 Å². The Morgan fingerprint density at radius 2 is 1.92 bits per heavy atom. The largest absolute Gasteiger partial charge is 0.465 e. The van der Waals surface area contributed by atoms with Crippen LogP contribution in [0.1, 0.15) is 20.8 Å². The fourth-order valence-corrected chi connectivity index (χ4v) is 2.46. The van der Waals surface area contributed by atoms with Crippen LogP contribution in [0.4, 0.5) is 5.69 Å². The molecule has 0 radical (unpaired) electrons. The molecule has 1 N–H and O–H groups in total. The number of carbonyl (C=O) groups excluding carboxylic acids is 2. The molecule has 0 atom stereocenters. The van der Waals surface area contributed by atoms with E-state index < -0.39 is 11.9 Å². The van der Waals surface area contributed by atoms with Crippen LogP contribution in [0, 0.1) is 0 Å². The normalized spacial score (nSPS) is 10.3. The van der Waals surface area contributed by atoms with E-state index in [0.29, 0.717) is 10.7 Å². The topological polar surface area (TPSA) is 73.2 Å². The van der Waals surface area contributed by atoms with Gasteiger partial charge < -0.3 is 10.1 Å². The molecule has 0 unspecified atom stereocenters. The summed E-state index contributed by atoms with van der Waals surface area (Å²) < 4.78 is 6.26. The maximum atomic E-state index is 12.4. The van der Waals surface area contributed by atoms with E-state index in [1.54, 1.807) is 59.4 Å². The van der Waals surface area contributed by atoms with Crippen molar-refractivity contribution >= 4 is 29.2 Å². The highest BCUT2D eigenvalue weighted by atomic mass is 35.5. The van der Waals surface area contributed by atoms with Gasteiger partial charge in [-0.25, -0.2) is 9.48 Å². The molecule has 2 aromatic carbocycles. The number of anilines is 1. The molecule has 7 heteroatoms. The summed E-state index contributed by atoms with van der Waals surface area (Å²) >= 11 is 5.97. The lowest BCUT2D eigenvalue weighted by Gasteiger charge is -2.08. The highest BCUT2D eigenvalue weighted by Gasteiger charge is 2.16. The first-order valence-corrected chi connectivity index (χ1v) is 7.76. The number of halogens is 1. The molecule has 1 aromatic heterocycles. The number of nitrogens with one attached hydrogen (secondary N) is 1. The number of rotatable bonds is 4. The van der Waals surface area contributed by atoms with Gasteiger partial charge in [0.15, 0.2) is 5.69 Å². The Morgan fingerprint density at radius 3 is 2.68 bits per heavy atom. The molecule has 126 valence electrons. The second-order valence-corrected chi connectivity index (χ2v) is 5.55. The van der Waals surface area contributed by atoms with Crippen LogP contribution in [0.2, 0.25) is 5.02 Å². The second kappa shape index (κ2) is 7.19. The Labute approximate surface area is 149 Å². The average molecular weight is 356 g/mol. The highest BCUT2D eigenvalue weighted by molar-refractivity contribution is 6.30. The molecule has 1 heterocycles. The number of hydrogen-bond acceptors (Lipinski definition) is 4. The van der Waals surface area contributed by atoms with Crippen molar-refractivity contribution in [3.05, 3.63) is 77.1 Å². The number of ether oxygens (including phenoxy) is 1. The Bertz CT molecular complexity index is 937. The Hall–Kier alpha value is -3.12. The number of nitrogens with zero attached hydrogens (tertiary/aromatic N) is 2. The van der Waals surface area contributed by atoms with Crippen LogP contribution in [0.25, 0.3) is 5.69 Å². The van der Waals surface area contributed by atoms with Gasteiger partial charge in [-0.2, -0.15) is 5.10 Å². The summed E-state index contributed by atoms with van der Waals surface area (Å²) in [5.41, 5.74) is 1.57. The van der Waals surface area contributed by atoms with Crippen LogP contribution in [0.5, 0.6) is 0 Å². The zero-order chi connectivity index (χ0) is 17.8. The first kappa shape index (κ1) is 16.7. The molecule has 3 aromatic rings. The second-order valence-electron chi connectivity index (χ2n) is 5.12. The maximum Gasteiger partial charge on any atom is 0.339 e. The first-order chi connectivity index (χ1) is 12.1. The molecule has 0 aliphatic carbocycles. The predicted molar refractivity (Wildman–Crippen MR) is 94.3 cm³/mol. The number of para-hydroxylation sites is 1. The molecular weight excluding hydrogens is 342 g/mol. The Kier molecular flexibility index (Phi) is 4.81. The van der Waals surface area contributed by atoms with Gasteiger partial charge in [0.2, 0.25) is 0 Å². The van der Waals surface area contributed by atoms with E-state index in [9.17, 15) is 9.59 Å². The number of amides is 1. The molecule has 0 fully saturated rings. The summed E-state index contributed by atoms with van der Waals surface area (Å²) in [6, 6.07) is 15.3. The van der Waals surface area contributed by atoms with Gasteiger partial charge >= 0.3 is 5.97 Å². The van der Waals surface area contributed by atoms with Crippen molar-refractivity contribution in [3.8, 4) is 5.69 Å². The summed E-state index contributed by atoms with van der Waals surface area (Å²) in [6.07, 6.45) is 1.66. The van der Waals surface area contributed by atoms with Crippen molar-refractivity contribution in [3.63, 3.8) is 0 Å². The summed E-state index contributed by atoms with van der Waals surface area (Å²) in [5.74, 6) is -0.961. The van der Waals surface area contributed by atoms with Gasteiger partial charge in [0.25, 0.3) is 5.91 Å². The van der Waals surface area contributed by atoms with Gasteiger partial charge in [0.05, 0.1) is 24.0 Å². The number of esters is 1. The lowest BCUT2D eigenvalue weighted by molar-refractivity contribution is 0.0602. The van der Waals surface area contributed by atoms with Gasteiger partial charge in [0.1, 0.15) is 0 Å². The third-order valence-electron chi connectivity index (χ3n) is 3.48. The number of methoxy groups -OCH3 is 1. The molecule has 1 amide bonds. The standard InChI is InChI=1S/C18H14ClN3O3/c1-25-18(24)14-7-2-3-8-15(14)20-17(23)16-9-10-22(21-16)13-6-4-5-12(19)11-13/h2-11H,1H3,(H,20,23). The summed E-state index contributed by atoms with van der Waals surface area (Å²) in [6.45, 7) is 0. The third kappa shape index (κ3) is 3.70. The van der Waals surface area contributed by atoms with Crippen LogP contribution in [-0.4, -0.2) is 28.8 Å². The highest BCUT2D eigenvalue weighted by Crippen LogP contribution is 2.18. The average Bonchev–Trinajstić information content (AvgIpc) is 3.12. The van der Waals surface area contributed by atoms with Gasteiger partial charge in [-0.1, -0.05) is 29.8 Å². The summed E-state index contributed by atoms with van der Waals surface area (Å²) in [5, 5.41) is 7.49. The minimum Gasteiger partial charge on any atom is -0.465 e. The minimum atomic E-state index is -0.527. The van der Waals surface area contributed by atoms with Gasteiger partial charge in [-0.15, -0.1) is 0 Å². The SMILES string of the molecule is COC(=O)c1ccccc1NC(=O)c1ccn(-c2cccc(Cl)c2)n1.